The SMILES string of the molecule is [2H]c1c([2H])c([2H])c(-c2nc(-c3c([2H])c([2H])c(-c4c([2H])c([2H])c([2H])c5sc6c([2H])c([2H])c7c([2H])c([2H])c([2H])c([2H])c7c6c45)c([2H])c3[2H])nc(-c3c([2H])c([2H])c([2H])c4oc5c([2H])c([2H])c([2H])c([2H])c5c34)n2)c([2H])c1[2H]. The molecule has 0 aliphatic heterocycles. The number of aromatic nitrogens is 3. The number of hydrogen-bond donors (Lipinski definition) is 0. The predicted molar refractivity (Wildman–Crippen MR) is 199 cm³/mol. The molecule has 0 radical (unpaired) electrons. The maximum absolute atomic E-state index is 9.49. The Morgan fingerprint density at radius 1 is 0.417 bits per heavy atom. The zero-order chi connectivity index (χ0) is 53.4. The average molecular weight is 657 g/mol. The van der Waals surface area contributed by atoms with E-state index in [1.165, 1.54) is 0 Å². The largest absolute Gasteiger partial charge is 0.456 e. The molecule has 0 atom stereocenters. The number of hydrogen-bond acceptors (Lipinski definition) is 5. The van der Waals surface area contributed by atoms with Gasteiger partial charge in [-0.3, -0.25) is 0 Å². The molecule has 0 saturated heterocycles. The van der Waals surface area contributed by atoms with Gasteiger partial charge in [0.05, 0.1) is 34.3 Å². The molecule has 4 nitrogen and oxygen atoms in total. The van der Waals surface area contributed by atoms with Gasteiger partial charge in [0.25, 0.3) is 0 Å². The van der Waals surface area contributed by atoms with Crippen LogP contribution < -0.4 is 0 Å². The van der Waals surface area contributed by atoms with Crippen LogP contribution in [0.25, 0.3) is 98.2 Å². The van der Waals surface area contributed by atoms with E-state index in [-0.39, 0.29) is 25.6 Å². The molecule has 10 rings (SSSR count). The maximum atomic E-state index is 9.49. The fourth-order valence-electron chi connectivity index (χ4n) is 5.35. The fourth-order valence-corrected chi connectivity index (χ4v) is 6.37. The third-order valence-corrected chi connectivity index (χ3v) is 8.41. The Morgan fingerprint density at radius 3 is 1.90 bits per heavy atom. The van der Waals surface area contributed by atoms with Crippen molar-refractivity contribution in [2.24, 2.45) is 0 Å². The average Bonchev–Trinajstić information content (AvgIpc) is 3.96. The predicted octanol–water partition coefficient (Wildman–Crippen LogP) is 12.0. The summed E-state index contributed by atoms with van der Waals surface area (Å²) in [7, 11) is 0. The van der Waals surface area contributed by atoms with Gasteiger partial charge in [-0.2, -0.15) is 0 Å². The second kappa shape index (κ2) is 10.7. The van der Waals surface area contributed by atoms with Crippen LogP contribution in [0.2, 0.25) is 0 Å². The van der Waals surface area contributed by atoms with Gasteiger partial charge >= 0.3 is 0 Å². The summed E-state index contributed by atoms with van der Waals surface area (Å²) < 4.78 is 226. The summed E-state index contributed by atoms with van der Waals surface area (Å²) in [6.07, 6.45) is 0. The summed E-state index contributed by atoms with van der Waals surface area (Å²) in [5.41, 5.74) is -4.31. The van der Waals surface area contributed by atoms with Crippen molar-refractivity contribution in [3.05, 3.63) is 151 Å². The molecule has 0 aliphatic carbocycles. The molecule has 10 aromatic rings. The van der Waals surface area contributed by atoms with Crippen molar-refractivity contribution in [1.29, 1.82) is 0 Å². The highest BCUT2D eigenvalue weighted by atomic mass is 32.1. The molecule has 0 fully saturated rings. The topological polar surface area (TPSA) is 51.8 Å². The Hall–Kier alpha value is -6.17. The van der Waals surface area contributed by atoms with E-state index < -0.39 is 224 Å². The molecule has 0 aliphatic rings. The summed E-state index contributed by atoms with van der Waals surface area (Å²) in [6.45, 7) is 0. The molecule has 5 heteroatoms. The lowest BCUT2D eigenvalue weighted by molar-refractivity contribution is 0.669. The van der Waals surface area contributed by atoms with Gasteiger partial charge in [-0.25, -0.2) is 15.0 Å². The molecule has 0 unspecified atom stereocenters. The highest BCUT2D eigenvalue weighted by molar-refractivity contribution is 7.26. The van der Waals surface area contributed by atoms with E-state index >= 15 is 0 Å². The molecular formula is C43H25N3OS. The van der Waals surface area contributed by atoms with Crippen molar-refractivity contribution in [1.82, 2.24) is 15.0 Å². The number of para-hydroxylation sites is 1. The van der Waals surface area contributed by atoms with E-state index in [0.717, 1.165) is 0 Å². The van der Waals surface area contributed by atoms with Crippen LogP contribution in [0.1, 0.15) is 34.3 Å². The van der Waals surface area contributed by atoms with Gasteiger partial charge in [0.2, 0.25) is 0 Å². The zero-order valence-electron chi connectivity index (χ0n) is 48.7. The minimum Gasteiger partial charge on any atom is -0.456 e. The van der Waals surface area contributed by atoms with Crippen LogP contribution in [0.15, 0.2) is 155 Å². The van der Waals surface area contributed by atoms with Crippen molar-refractivity contribution in [2.75, 3.05) is 0 Å². The minimum atomic E-state index is -0.989. The molecular weight excluding hydrogens is 607 g/mol. The van der Waals surface area contributed by atoms with Gasteiger partial charge < -0.3 is 4.42 Å². The quantitative estimate of drug-likeness (QED) is 0.189. The summed E-state index contributed by atoms with van der Waals surface area (Å²) in [5, 5.41) is -1.96. The number of furan rings is 1. The van der Waals surface area contributed by atoms with Gasteiger partial charge in [-0.1, -0.05) is 127 Å². The van der Waals surface area contributed by atoms with Crippen molar-refractivity contribution in [2.45, 2.75) is 0 Å². The molecule has 0 spiro atoms. The molecule has 3 aromatic heterocycles. The van der Waals surface area contributed by atoms with Crippen LogP contribution in [-0.4, -0.2) is 15.0 Å². The number of fused-ring (bicyclic) bond motifs is 8. The van der Waals surface area contributed by atoms with Crippen molar-refractivity contribution in [3.63, 3.8) is 0 Å². The first-order valence-electron chi connectivity index (χ1n) is 26.4. The Bertz CT molecular complexity index is 4230. The van der Waals surface area contributed by atoms with Gasteiger partial charge in [0, 0.05) is 47.6 Å². The Kier molecular flexibility index (Phi) is 2.70. The van der Waals surface area contributed by atoms with Crippen LogP contribution in [0.5, 0.6) is 0 Å². The van der Waals surface area contributed by atoms with Gasteiger partial charge in [0.15, 0.2) is 17.5 Å². The van der Waals surface area contributed by atoms with E-state index in [1.807, 2.05) is 0 Å². The van der Waals surface area contributed by atoms with Gasteiger partial charge in [-0.15, -0.1) is 11.3 Å². The smallest absolute Gasteiger partial charge is 0.164 e. The Morgan fingerprint density at radius 2 is 1.04 bits per heavy atom. The van der Waals surface area contributed by atoms with Crippen molar-refractivity contribution in [3.8, 4) is 45.3 Å². The first-order valence-corrected chi connectivity index (χ1v) is 14.7. The lowest BCUT2D eigenvalue weighted by Crippen LogP contribution is -2.00. The summed E-state index contributed by atoms with van der Waals surface area (Å²) in [4.78, 5) is 13.1. The van der Waals surface area contributed by atoms with Crippen LogP contribution in [0, 0.1) is 0 Å². The Labute approximate surface area is 314 Å². The van der Waals surface area contributed by atoms with E-state index in [9.17, 15) is 6.85 Å². The molecule has 7 aromatic carbocycles. The second-order valence-corrected chi connectivity index (χ2v) is 11.1. The van der Waals surface area contributed by atoms with Gasteiger partial charge in [0.1, 0.15) is 11.2 Å². The summed E-state index contributed by atoms with van der Waals surface area (Å²) >= 11 is 0.680. The van der Waals surface area contributed by atoms with Crippen molar-refractivity contribution >= 4 is 64.2 Å². The van der Waals surface area contributed by atoms with Crippen LogP contribution in [-0.2, 0) is 0 Å². The number of rotatable bonds is 4. The van der Waals surface area contributed by atoms with E-state index in [0.29, 0.717) is 11.3 Å². The first kappa shape index (κ1) is 12.1. The number of benzene rings is 7. The van der Waals surface area contributed by atoms with Crippen LogP contribution in [0.3, 0.4) is 0 Å². The Balaban J connectivity index is 1.36. The third kappa shape index (κ3) is 4.25. The van der Waals surface area contributed by atoms with Crippen LogP contribution in [0.4, 0.5) is 0 Å². The summed E-state index contributed by atoms with van der Waals surface area (Å²) in [6, 6.07) is -19.7. The molecule has 0 bridgehead atoms. The maximum Gasteiger partial charge on any atom is 0.164 e. The lowest BCUT2D eigenvalue weighted by atomic mass is 9.96. The van der Waals surface area contributed by atoms with Gasteiger partial charge in [-0.05, 0) is 46.1 Å². The van der Waals surface area contributed by atoms with E-state index in [4.69, 9.17) is 31.8 Å². The lowest BCUT2D eigenvalue weighted by Gasteiger charge is -2.10. The number of thiophene rings is 1. The third-order valence-electron chi connectivity index (χ3n) is 7.39. The zero-order valence-corrected chi connectivity index (χ0v) is 24.5. The summed E-state index contributed by atoms with van der Waals surface area (Å²) in [5.74, 6) is -2.38. The highest BCUT2D eigenvalue weighted by Gasteiger charge is 2.18. The second-order valence-electron chi connectivity index (χ2n) is 10.1. The highest BCUT2D eigenvalue weighted by Crippen LogP contribution is 2.43. The standard InChI is InChI=1S/C43H25N3OS/c1-2-11-28(12-3-1)41-44-42(46-43(45-41)33-16-8-18-35-38(33)32-14-6-7-17-34(32)47-35)29-22-20-27(21-23-29)31-15-9-19-36-39(31)40-30-13-5-4-10-26(30)24-25-37(40)48-36/h1-25H/i1D,2D,3D,4D,5D,6D,7D,8D,9D,10D,11D,12D,13D,14D,15D,16D,17D,18D,19D,20D,21D,22D,23D,24D,25D. The molecule has 224 valence electrons. The first-order chi connectivity index (χ1) is 34.2. The monoisotopic (exact) mass is 656 g/mol. The molecule has 48 heavy (non-hydrogen) atoms. The molecule has 0 amide bonds. The normalized spacial score (nSPS) is 19.0. The molecule has 0 saturated carbocycles. The molecule has 0 N–H and O–H groups in total. The van der Waals surface area contributed by atoms with Crippen LogP contribution >= 0.6 is 11.3 Å². The minimum absolute atomic E-state index is 0.111. The van der Waals surface area contributed by atoms with E-state index in [2.05, 4.69) is 15.0 Å². The van der Waals surface area contributed by atoms with Crippen molar-refractivity contribution < 1.29 is 38.7 Å². The molecule has 3 heterocycles. The number of nitrogens with zero attached hydrogens (tertiary/aromatic N) is 3. The van der Waals surface area contributed by atoms with E-state index in [1.54, 1.807) is 0 Å². The fraction of sp³-hybridized carbons (Fsp3) is 0.